The summed E-state index contributed by atoms with van der Waals surface area (Å²) in [5.74, 6) is 0.925. The van der Waals surface area contributed by atoms with Crippen molar-refractivity contribution >= 4 is 24.0 Å². The molecule has 120 valence electrons. The van der Waals surface area contributed by atoms with Gasteiger partial charge in [0.05, 0.1) is 0 Å². The van der Waals surface area contributed by atoms with Crippen LogP contribution in [0.25, 0.3) is 0 Å². The number of ether oxygens (including phenoxy) is 1. The van der Waals surface area contributed by atoms with Gasteiger partial charge in [-0.15, -0.1) is 12.4 Å². The zero-order chi connectivity index (χ0) is 14.0. The summed E-state index contributed by atoms with van der Waals surface area (Å²) in [4.78, 5) is 0. The van der Waals surface area contributed by atoms with Crippen LogP contribution < -0.4 is 5.32 Å². The molecule has 0 aliphatic carbocycles. The summed E-state index contributed by atoms with van der Waals surface area (Å²) in [7, 11) is 0. The molecule has 0 aromatic heterocycles. The SMILES string of the molecule is Cl.Clc1ccc(CCCOCCCC2CCNCC2)cc1. The largest absolute Gasteiger partial charge is 0.381 e. The lowest BCUT2D eigenvalue weighted by molar-refractivity contribution is 0.123. The molecule has 1 heterocycles. The van der Waals surface area contributed by atoms with Gasteiger partial charge in [-0.3, -0.25) is 0 Å². The Balaban J connectivity index is 0.00000220. The van der Waals surface area contributed by atoms with Crippen LogP contribution in [0, 0.1) is 5.92 Å². The number of nitrogens with one attached hydrogen (secondary N) is 1. The lowest BCUT2D eigenvalue weighted by Crippen LogP contribution is -2.27. The van der Waals surface area contributed by atoms with Gasteiger partial charge in [0.15, 0.2) is 0 Å². The molecular formula is C17H27Cl2NO. The standard InChI is InChI=1S/C17H26ClNO.ClH/c18-17-7-5-15(6-8-17)3-1-13-20-14-2-4-16-9-11-19-12-10-16;/h5-8,16,19H,1-4,9-14H2;1H. The van der Waals surface area contributed by atoms with Crippen LogP contribution in [0.15, 0.2) is 24.3 Å². The topological polar surface area (TPSA) is 21.3 Å². The first kappa shape index (κ1) is 18.8. The van der Waals surface area contributed by atoms with Gasteiger partial charge >= 0.3 is 0 Å². The van der Waals surface area contributed by atoms with Gasteiger partial charge in [0, 0.05) is 18.2 Å². The van der Waals surface area contributed by atoms with Gasteiger partial charge < -0.3 is 10.1 Å². The molecule has 1 aliphatic heterocycles. The molecule has 1 N–H and O–H groups in total. The quantitative estimate of drug-likeness (QED) is 0.708. The fraction of sp³-hybridized carbons (Fsp3) is 0.647. The summed E-state index contributed by atoms with van der Waals surface area (Å²) in [6.07, 6.45) is 7.40. The highest BCUT2D eigenvalue weighted by atomic mass is 35.5. The number of hydrogen-bond donors (Lipinski definition) is 1. The average Bonchev–Trinajstić information content (AvgIpc) is 2.49. The third-order valence-corrected chi connectivity index (χ3v) is 4.28. The number of benzene rings is 1. The highest BCUT2D eigenvalue weighted by molar-refractivity contribution is 6.30. The molecule has 2 nitrogen and oxygen atoms in total. The Kier molecular flexibility index (Phi) is 10.1. The Morgan fingerprint density at radius 1 is 1.05 bits per heavy atom. The van der Waals surface area contributed by atoms with Gasteiger partial charge in [-0.2, -0.15) is 0 Å². The summed E-state index contributed by atoms with van der Waals surface area (Å²) in [6.45, 7) is 4.19. The second kappa shape index (κ2) is 11.3. The van der Waals surface area contributed by atoms with E-state index in [4.69, 9.17) is 16.3 Å². The minimum atomic E-state index is 0. The van der Waals surface area contributed by atoms with Crippen LogP contribution in [0.4, 0.5) is 0 Å². The summed E-state index contributed by atoms with van der Waals surface area (Å²) in [5.41, 5.74) is 1.34. The average molecular weight is 332 g/mol. The maximum atomic E-state index is 5.87. The number of aryl methyl sites for hydroxylation is 1. The molecular weight excluding hydrogens is 305 g/mol. The number of rotatable bonds is 8. The van der Waals surface area contributed by atoms with E-state index >= 15 is 0 Å². The molecule has 1 fully saturated rings. The van der Waals surface area contributed by atoms with Crippen molar-refractivity contribution in [3.63, 3.8) is 0 Å². The van der Waals surface area contributed by atoms with Crippen molar-refractivity contribution in [3.8, 4) is 0 Å². The van der Waals surface area contributed by atoms with Crippen molar-refractivity contribution in [1.29, 1.82) is 0 Å². The number of halogens is 2. The van der Waals surface area contributed by atoms with E-state index in [0.29, 0.717) is 0 Å². The van der Waals surface area contributed by atoms with Gasteiger partial charge in [-0.1, -0.05) is 23.7 Å². The van der Waals surface area contributed by atoms with Crippen LogP contribution in [0.2, 0.25) is 5.02 Å². The molecule has 0 radical (unpaired) electrons. The van der Waals surface area contributed by atoms with E-state index in [2.05, 4.69) is 17.4 Å². The second-order valence-electron chi connectivity index (χ2n) is 5.68. The van der Waals surface area contributed by atoms with E-state index in [1.54, 1.807) is 0 Å². The first-order valence-electron chi connectivity index (χ1n) is 7.87. The van der Waals surface area contributed by atoms with Gasteiger partial charge in [0.25, 0.3) is 0 Å². The predicted molar refractivity (Wildman–Crippen MR) is 92.7 cm³/mol. The zero-order valence-corrected chi connectivity index (χ0v) is 14.2. The molecule has 1 aromatic rings. The van der Waals surface area contributed by atoms with Crippen LogP contribution in [-0.2, 0) is 11.2 Å². The molecule has 1 aromatic carbocycles. The Morgan fingerprint density at radius 3 is 2.43 bits per heavy atom. The van der Waals surface area contributed by atoms with Crippen molar-refractivity contribution < 1.29 is 4.74 Å². The number of piperidine rings is 1. The first-order chi connectivity index (χ1) is 9.84. The fourth-order valence-electron chi connectivity index (χ4n) is 2.78. The van der Waals surface area contributed by atoms with Crippen LogP contribution in [0.5, 0.6) is 0 Å². The molecule has 0 spiro atoms. The van der Waals surface area contributed by atoms with Crippen molar-refractivity contribution in [2.45, 2.75) is 38.5 Å². The van der Waals surface area contributed by atoms with E-state index in [0.717, 1.165) is 37.0 Å². The monoisotopic (exact) mass is 331 g/mol. The van der Waals surface area contributed by atoms with Crippen molar-refractivity contribution in [1.82, 2.24) is 5.32 Å². The molecule has 4 heteroatoms. The van der Waals surface area contributed by atoms with Crippen molar-refractivity contribution in [3.05, 3.63) is 34.9 Å². The lowest BCUT2D eigenvalue weighted by atomic mass is 9.93. The van der Waals surface area contributed by atoms with Gasteiger partial charge in [0.2, 0.25) is 0 Å². The summed E-state index contributed by atoms with van der Waals surface area (Å²) >= 11 is 5.87. The molecule has 21 heavy (non-hydrogen) atoms. The third-order valence-electron chi connectivity index (χ3n) is 4.03. The first-order valence-corrected chi connectivity index (χ1v) is 8.25. The zero-order valence-electron chi connectivity index (χ0n) is 12.7. The Bertz CT molecular complexity index is 364. The molecule has 0 unspecified atom stereocenters. The summed E-state index contributed by atoms with van der Waals surface area (Å²) < 4.78 is 5.73. The predicted octanol–water partition coefficient (Wildman–Crippen LogP) is 4.49. The van der Waals surface area contributed by atoms with Crippen LogP contribution >= 0.6 is 24.0 Å². The van der Waals surface area contributed by atoms with E-state index in [9.17, 15) is 0 Å². The highest BCUT2D eigenvalue weighted by Crippen LogP contribution is 2.17. The molecule has 0 atom stereocenters. The van der Waals surface area contributed by atoms with Crippen molar-refractivity contribution in [2.75, 3.05) is 26.3 Å². The molecule has 0 bridgehead atoms. The molecule has 1 aliphatic rings. The normalized spacial score (nSPS) is 15.7. The van der Waals surface area contributed by atoms with E-state index < -0.39 is 0 Å². The van der Waals surface area contributed by atoms with E-state index in [-0.39, 0.29) is 12.4 Å². The minimum Gasteiger partial charge on any atom is -0.381 e. The van der Waals surface area contributed by atoms with Gasteiger partial charge in [-0.05, 0) is 75.2 Å². The lowest BCUT2D eigenvalue weighted by Gasteiger charge is -2.22. The Morgan fingerprint density at radius 2 is 1.71 bits per heavy atom. The van der Waals surface area contributed by atoms with Gasteiger partial charge in [0.1, 0.15) is 0 Å². The molecule has 1 saturated heterocycles. The third kappa shape index (κ3) is 8.06. The second-order valence-corrected chi connectivity index (χ2v) is 6.11. The van der Waals surface area contributed by atoms with Crippen LogP contribution in [0.1, 0.15) is 37.7 Å². The van der Waals surface area contributed by atoms with Crippen LogP contribution in [0.3, 0.4) is 0 Å². The summed E-state index contributed by atoms with van der Waals surface area (Å²) in [5, 5.41) is 4.22. The molecule has 0 saturated carbocycles. The van der Waals surface area contributed by atoms with E-state index in [1.807, 2.05) is 12.1 Å². The molecule has 0 amide bonds. The Labute approximate surface area is 140 Å². The number of hydrogen-bond acceptors (Lipinski definition) is 2. The van der Waals surface area contributed by atoms with E-state index in [1.165, 1.54) is 44.3 Å². The van der Waals surface area contributed by atoms with Crippen molar-refractivity contribution in [2.24, 2.45) is 5.92 Å². The van der Waals surface area contributed by atoms with Crippen LogP contribution in [-0.4, -0.2) is 26.3 Å². The fourth-order valence-corrected chi connectivity index (χ4v) is 2.90. The smallest absolute Gasteiger partial charge is 0.0469 e. The maximum Gasteiger partial charge on any atom is 0.0469 e. The Hall–Kier alpha value is -0.280. The highest BCUT2D eigenvalue weighted by Gasteiger charge is 2.11. The molecule has 2 rings (SSSR count). The summed E-state index contributed by atoms with van der Waals surface area (Å²) in [6, 6.07) is 8.10. The van der Waals surface area contributed by atoms with Gasteiger partial charge in [-0.25, -0.2) is 0 Å². The minimum absolute atomic E-state index is 0. The maximum absolute atomic E-state index is 5.87.